The summed E-state index contributed by atoms with van der Waals surface area (Å²) in [5, 5.41) is 11.3. The third kappa shape index (κ3) is 2.32. The topological polar surface area (TPSA) is 46.2 Å². The molecule has 0 bridgehead atoms. The quantitative estimate of drug-likeness (QED) is 0.870. The van der Waals surface area contributed by atoms with Gasteiger partial charge in [0.25, 0.3) is 0 Å². The van der Waals surface area contributed by atoms with Gasteiger partial charge in [-0.1, -0.05) is 42.1 Å². The molecule has 1 aliphatic carbocycles. The molecule has 2 rings (SSSR count). The van der Waals surface area contributed by atoms with Crippen molar-refractivity contribution in [3.63, 3.8) is 0 Å². The number of benzene rings is 1. The van der Waals surface area contributed by atoms with Crippen LogP contribution >= 0.6 is 23.2 Å². The molecule has 0 amide bonds. The maximum Gasteiger partial charge on any atom is 0.0649 e. The van der Waals surface area contributed by atoms with Gasteiger partial charge in [-0.2, -0.15) is 0 Å². The fourth-order valence-corrected chi connectivity index (χ4v) is 3.02. The molecule has 3 N–H and O–H groups in total. The monoisotopic (exact) mass is 273 g/mol. The second-order valence-corrected chi connectivity index (χ2v) is 5.57. The second kappa shape index (κ2) is 5.15. The van der Waals surface area contributed by atoms with E-state index >= 15 is 0 Å². The summed E-state index contributed by atoms with van der Waals surface area (Å²) in [4.78, 5) is 0. The van der Waals surface area contributed by atoms with E-state index in [1.807, 2.05) is 12.1 Å². The molecule has 1 fully saturated rings. The van der Waals surface area contributed by atoms with E-state index in [0.717, 1.165) is 31.2 Å². The standard InChI is InChI=1S/C13H17Cl2NO/c14-10-5-4-9(7-11(10)15)13(8-16)6-2-1-3-12(13)17/h4-5,7,12,17H,1-3,6,8,16H2/t12-,13-/m1/s1. The van der Waals surface area contributed by atoms with E-state index in [9.17, 15) is 5.11 Å². The molecule has 0 unspecified atom stereocenters. The molecule has 4 heteroatoms. The number of aliphatic hydroxyl groups excluding tert-OH is 1. The Labute approximate surface area is 112 Å². The maximum absolute atomic E-state index is 10.3. The van der Waals surface area contributed by atoms with Crippen molar-refractivity contribution in [3.05, 3.63) is 33.8 Å². The molecule has 0 heterocycles. The Morgan fingerprint density at radius 2 is 2.06 bits per heavy atom. The number of aliphatic hydroxyl groups is 1. The summed E-state index contributed by atoms with van der Waals surface area (Å²) >= 11 is 12.0. The van der Waals surface area contributed by atoms with E-state index in [4.69, 9.17) is 28.9 Å². The summed E-state index contributed by atoms with van der Waals surface area (Å²) in [6.45, 7) is 0.437. The van der Waals surface area contributed by atoms with Crippen LogP contribution in [0.25, 0.3) is 0 Å². The first-order valence-corrected chi connectivity index (χ1v) is 6.69. The fraction of sp³-hybridized carbons (Fsp3) is 0.538. The molecule has 2 nitrogen and oxygen atoms in total. The zero-order valence-electron chi connectivity index (χ0n) is 9.63. The highest BCUT2D eigenvalue weighted by atomic mass is 35.5. The highest BCUT2D eigenvalue weighted by Gasteiger charge is 2.40. The summed E-state index contributed by atoms with van der Waals surface area (Å²) < 4.78 is 0. The zero-order valence-corrected chi connectivity index (χ0v) is 11.1. The molecule has 0 aliphatic heterocycles. The van der Waals surface area contributed by atoms with Gasteiger partial charge in [0.05, 0.1) is 16.1 Å². The van der Waals surface area contributed by atoms with Crippen LogP contribution in [-0.2, 0) is 5.41 Å². The lowest BCUT2D eigenvalue weighted by Gasteiger charge is -2.41. The van der Waals surface area contributed by atoms with Crippen molar-refractivity contribution in [2.45, 2.75) is 37.2 Å². The van der Waals surface area contributed by atoms with E-state index < -0.39 is 6.10 Å². The highest BCUT2D eigenvalue weighted by Crippen LogP contribution is 2.40. The average Bonchev–Trinajstić information content (AvgIpc) is 2.34. The zero-order chi connectivity index (χ0) is 12.5. The van der Waals surface area contributed by atoms with Crippen LogP contribution in [0.5, 0.6) is 0 Å². The molecule has 2 atom stereocenters. The number of nitrogens with two attached hydrogens (primary N) is 1. The lowest BCUT2D eigenvalue weighted by Crippen LogP contribution is -2.48. The van der Waals surface area contributed by atoms with Gasteiger partial charge < -0.3 is 10.8 Å². The van der Waals surface area contributed by atoms with E-state index in [2.05, 4.69) is 0 Å². The Kier molecular flexibility index (Phi) is 3.99. The Balaban J connectivity index is 2.42. The third-order valence-electron chi connectivity index (χ3n) is 3.85. The molecular formula is C13H17Cl2NO. The van der Waals surface area contributed by atoms with Gasteiger partial charge >= 0.3 is 0 Å². The van der Waals surface area contributed by atoms with Gasteiger partial charge in [0.2, 0.25) is 0 Å². The minimum Gasteiger partial charge on any atom is -0.392 e. The predicted molar refractivity (Wildman–Crippen MR) is 71.7 cm³/mol. The van der Waals surface area contributed by atoms with Crippen LogP contribution in [0.3, 0.4) is 0 Å². The smallest absolute Gasteiger partial charge is 0.0649 e. The van der Waals surface area contributed by atoms with Crippen LogP contribution in [0.1, 0.15) is 31.2 Å². The van der Waals surface area contributed by atoms with E-state index in [0.29, 0.717) is 16.6 Å². The Morgan fingerprint density at radius 3 is 2.65 bits per heavy atom. The SMILES string of the molecule is NC[C@@]1(c2ccc(Cl)c(Cl)c2)CCCC[C@H]1O. The van der Waals surface area contributed by atoms with Gasteiger partial charge in [0.15, 0.2) is 0 Å². The largest absolute Gasteiger partial charge is 0.392 e. The van der Waals surface area contributed by atoms with Crippen molar-refractivity contribution in [3.8, 4) is 0 Å². The van der Waals surface area contributed by atoms with E-state index in [1.165, 1.54) is 0 Å². The van der Waals surface area contributed by atoms with Crippen LogP contribution in [0, 0.1) is 0 Å². The summed E-state index contributed by atoms with van der Waals surface area (Å²) in [7, 11) is 0. The van der Waals surface area contributed by atoms with E-state index in [1.54, 1.807) is 6.07 Å². The molecule has 0 aromatic heterocycles. The van der Waals surface area contributed by atoms with Crippen LogP contribution in [0.2, 0.25) is 10.0 Å². The first-order valence-electron chi connectivity index (χ1n) is 5.94. The van der Waals surface area contributed by atoms with Gasteiger partial charge in [0.1, 0.15) is 0 Å². The third-order valence-corrected chi connectivity index (χ3v) is 4.59. The Bertz CT molecular complexity index is 410. The molecule has 1 aromatic carbocycles. The van der Waals surface area contributed by atoms with Crippen molar-refractivity contribution >= 4 is 23.2 Å². The number of hydrogen-bond donors (Lipinski definition) is 2. The molecule has 0 saturated heterocycles. The number of halogens is 2. The molecular weight excluding hydrogens is 257 g/mol. The van der Waals surface area contributed by atoms with E-state index in [-0.39, 0.29) is 5.41 Å². The molecule has 1 aliphatic rings. The fourth-order valence-electron chi connectivity index (χ4n) is 2.72. The summed E-state index contributed by atoms with van der Waals surface area (Å²) in [5.74, 6) is 0. The van der Waals surface area contributed by atoms with Gasteiger partial charge in [0, 0.05) is 12.0 Å². The average molecular weight is 274 g/mol. The normalized spacial score (nSPS) is 29.3. The molecule has 94 valence electrons. The van der Waals surface area contributed by atoms with Gasteiger partial charge in [-0.15, -0.1) is 0 Å². The highest BCUT2D eigenvalue weighted by molar-refractivity contribution is 6.42. The van der Waals surface area contributed by atoms with Gasteiger partial charge in [-0.3, -0.25) is 0 Å². The van der Waals surface area contributed by atoms with Crippen LogP contribution in [-0.4, -0.2) is 17.8 Å². The summed E-state index contributed by atoms with van der Waals surface area (Å²) in [6, 6.07) is 5.54. The lowest BCUT2D eigenvalue weighted by atomic mass is 9.67. The maximum atomic E-state index is 10.3. The van der Waals surface area contributed by atoms with Gasteiger partial charge in [-0.25, -0.2) is 0 Å². The molecule has 1 aromatic rings. The Morgan fingerprint density at radius 1 is 1.29 bits per heavy atom. The van der Waals surface area contributed by atoms with Crippen LogP contribution in [0.4, 0.5) is 0 Å². The van der Waals surface area contributed by atoms with Crippen molar-refractivity contribution in [2.24, 2.45) is 5.73 Å². The van der Waals surface area contributed by atoms with Crippen LogP contribution in [0.15, 0.2) is 18.2 Å². The second-order valence-electron chi connectivity index (χ2n) is 4.75. The summed E-state index contributed by atoms with van der Waals surface area (Å²) in [5.41, 5.74) is 6.56. The van der Waals surface area contributed by atoms with Gasteiger partial charge in [-0.05, 0) is 30.5 Å². The first-order chi connectivity index (χ1) is 8.10. The van der Waals surface area contributed by atoms with Crippen molar-refractivity contribution < 1.29 is 5.11 Å². The summed E-state index contributed by atoms with van der Waals surface area (Å²) in [6.07, 6.45) is 3.47. The van der Waals surface area contributed by atoms with Crippen molar-refractivity contribution in [1.29, 1.82) is 0 Å². The van der Waals surface area contributed by atoms with Crippen LogP contribution < -0.4 is 5.73 Å². The molecule has 0 radical (unpaired) electrons. The molecule has 0 spiro atoms. The minimum atomic E-state index is -0.390. The minimum absolute atomic E-state index is 0.355. The molecule has 17 heavy (non-hydrogen) atoms. The number of rotatable bonds is 2. The van der Waals surface area contributed by atoms with Crippen molar-refractivity contribution in [1.82, 2.24) is 0 Å². The first kappa shape index (κ1) is 13.2. The molecule has 1 saturated carbocycles. The number of hydrogen-bond acceptors (Lipinski definition) is 2. The van der Waals surface area contributed by atoms with Crippen molar-refractivity contribution in [2.75, 3.05) is 6.54 Å². The predicted octanol–water partition coefficient (Wildman–Crippen LogP) is 3.12. The lowest BCUT2D eigenvalue weighted by molar-refractivity contribution is 0.0464. The Hall–Kier alpha value is -0.280.